The molecule has 1 amide bonds. The third-order valence-corrected chi connectivity index (χ3v) is 8.19. The summed E-state index contributed by atoms with van der Waals surface area (Å²) >= 11 is 1.82. The van der Waals surface area contributed by atoms with E-state index in [0.717, 1.165) is 45.4 Å². The lowest BCUT2D eigenvalue weighted by Crippen LogP contribution is -2.51. The van der Waals surface area contributed by atoms with Crippen LogP contribution in [0.3, 0.4) is 0 Å². The van der Waals surface area contributed by atoms with Crippen molar-refractivity contribution in [1.82, 2.24) is 15.2 Å². The van der Waals surface area contributed by atoms with Crippen LogP contribution in [-0.2, 0) is 22.5 Å². The minimum atomic E-state index is -0.212. The van der Waals surface area contributed by atoms with E-state index in [4.69, 9.17) is 9.72 Å². The predicted octanol–water partition coefficient (Wildman–Crippen LogP) is 2.32. The first-order valence-electron chi connectivity index (χ1n) is 10.5. The Morgan fingerprint density at radius 3 is 2.74 bits per heavy atom. The lowest BCUT2D eigenvalue weighted by Gasteiger charge is -2.35. The van der Waals surface area contributed by atoms with Crippen LogP contribution >= 0.6 is 11.3 Å². The number of methoxy groups -OCH3 is 1. The lowest BCUT2D eigenvalue weighted by molar-refractivity contribution is -0.138. The maximum Gasteiger partial charge on any atom is 0.225 e. The Hall–Kier alpha value is -1.18. The van der Waals surface area contributed by atoms with Gasteiger partial charge in [0.25, 0.3) is 0 Å². The number of anilines is 1. The predicted molar refractivity (Wildman–Crippen MR) is 106 cm³/mol. The average Bonchev–Trinajstić information content (AvgIpc) is 3.37. The molecule has 27 heavy (non-hydrogen) atoms. The number of thiazole rings is 1. The van der Waals surface area contributed by atoms with Gasteiger partial charge in [-0.25, -0.2) is 4.98 Å². The maximum absolute atomic E-state index is 13.0. The molecule has 3 fully saturated rings. The van der Waals surface area contributed by atoms with Crippen molar-refractivity contribution in [3.63, 3.8) is 0 Å². The summed E-state index contributed by atoms with van der Waals surface area (Å²) in [5, 5.41) is 4.73. The van der Waals surface area contributed by atoms with Crippen LogP contribution in [0.25, 0.3) is 0 Å². The number of hydrogen-bond donors (Lipinski definition) is 1. The van der Waals surface area contributed by atoms with Crippen LogP contribution in [0, 0.1) is 0 Å². The van der Waals surface area contributed by atoms with E-state index >= 15 is 0 Å². The molecule has 0 spiro atoms. The summed E-state index contributed by atoms with van der Waals surface area (Å²) in [7, 11) is 1.77. The highest BCUT2D eigenvalue weighted by atomic mass is 32.1. The molecule has 1 N–H and O–H groups in total. The molecule has 5 rings (SSSR count). The van der Waals surface area contributed by atoms with Crippen molar-refractivity contribution in [1.29, 1.82) is 0 Å². The van der Waals surface area contributed by atoms with Crippen LogP contribution in [-0.4, -0.2) is 60.2 Å². The number of nitrogens with one attached hydrogen (secondary N) is 1. The molecule has 1 aliphatic carbocycles. The quantitative estimate of drug-likeness (QED) is 0.855. The second-order valence-electron chi connectivity index (χ2n) is 8.65. The first-order chi connectivity index (χ1) is 13.2. The van der Waals surface area contributed by atoms with Gasteiger partial charge in [0.15, 0.2) is 5.13 Å². The van der Waals surface area contributed by atoms with Crippen LogP contribution in [0.5, 0.6) is 0 Å². The van der Waals surface area contributed by atoms with E-state index in [1.54, 1.807) is 7.11 Å². The molecule has 148 valence electrons. The van der Waals surface area contributed by atoms with Gasteiger partial charge in [-0.3, -0.25) is 4.79 Å². The van der Waals surface area contributed by atoms with Gasteiger partial charge in [-0.2, -0.15) is 0 Å². The summed E-state index contributed by atoms with van der Waals surface area (Å²) in [5.74, 6) is 0.251. The summed E-state index contributed by atoms with van der Waals surface area (Å²) in [4.78, 5) is 23.8. The van der Waals surface area contributed by atoms with Crippen LogP contribution in [0.2, 0.25) is 0 Å². The molecule has 7 heteroatoms. The third-order valence-electron chi connectivity index (χ3n) is 7.09. The molecule has 1 aromatic rings. The lowest BCUT2D eigenvalue weighted by atomic mass is 9.96. The summed E-state index contributed by atoms with van der Waals surface area (Å²) in [6.07, 6.45) is 8.35. The third kappa shape index (κ3) is 3.17. The number of nitrogens with zero attached hydrogens (tertiary/aromatic N) is 3. The first kappa shape index (κ1) is 17.9. The molecule has 0 radical (unpaired) electrons. The Labute approximate surface area is 165 Å². The van der Waals surface area contributed by atoms with Gasteiger partial charge < -0.3 is 19.9 Å². The van der Waals surface area contributed by atoms with Gasteiger partial charge in [0.2, 0.25) is 5.91 Å². The molecule has 3 aliphatic heterocycles. The summed E-state index contributed by atoms with van der Waals surface area (Å²) in [6.45, 7) is 3.67. The van der Waals surface area contributed by atoms with Crippen LogP contribution in [0.1, 0.15) is 55.5 Å². The van der Waals surface area contributed by atoms with E-state index in [9.17, 15) is 4.79 Å². The molecular weight excluding hydrogens is 360 g/mol. The zero-order chi connectivity index (χ0) is 18.4. The van der Waals surface area contributed by atoms with Crippen LogP contribution in [0.4, 0.5) is 5.13 Å². The molecule has 2 bridgehead atoms. The summed E-state index contributed by atoms with van der Waals surface area (Å²) < 4.78 is 5.77. The standard InChI is InChI=1S/C20H30N4O2S/c1-26-20(7-2-3-8-20)10-18(25)23-9-6-16-17(13-23)27-19(22-16)24-14-4-5-15(24)12-21-11-14/h14-15,21H,2-13H2,1H3. The molecule has 2 saturated heterocycles. The van der Waals surface area contributed by atoms with Gasteiger partial charge >= 0.3 is 0 Å². The van der Waals surface area contributed by atoms with Gasteiger partial charge in [-0.15, -0.1) is 0 Å². The van der Waals surface area contributed by atoms with E-state index in [0.29, 0.717) is 18.5 Å². The number of rotatable bonds is 4. The fraction of sp³-hybridized carbons (Fsp3) is 0.800. The zero-order valence-corrected chi connectivity index (χ0v) is 17.0. The van der Waals surface area contributed by atoms with Gasteiger partial charge in [0.05, 0.1) is 24.3 Å². The molecule has 6 nitrogen and oxygen atoms in total. The smallest absolute Gasteiger partial charge is 0.225 e. The van der Waals surface area contributed by atoms with Crippen LogP contribution in [0.15, 0.2) is 0 Å². The first-order valence-corrected chi connectivity index (χ1v) is 11.3. The highest BCUT2D eigenvalue weighted by Gasteiger charge is 2.40. The Morgan fingerprint density at radius 2 is 2.04 bits per heavy atom. The fourth-order valence-electron chi connectivity index (χ4n) is 5.46. The molecular formula is C20H30N4O2S. The number of fused-ring (bicyclic) bond motifs is 3. The zero-order valence-electron chi connectivity index (χ0n) is 16.2. The van der Waals surface area contributed by atoms with Crippen molar-refractivity contribution in [2.24, 2.45) is 0 Å². The number of ether oxygens (including phenoxy) is 1. The molecule has 4 heterocycles. The maximum atomic E-state index is 13.0. The van der Waals surface area contributed by atoms with Gasteiger partial charge in [0.1, 0.15) is 0 Å². The minimum absolute atomic E-state index is 0.212. The highest BCUT2D eigenvalue weighted by Crippen LogP contribution is 2.39. The van der Waals surface area contributed by atoms with Gasteiger partial charge in [-0.05, 0) is 25.7 Å². The van der Waals surface area contributed by atoms with E-state index in [1.807, 2.05) is 16.2 Å². The molecule has 0 aromatic carbocycles. The van der Waals surface area contributed by atoms with E-state index in [1.165, 1.54) is 41.4 Å². The number of carbonyl (C=O) groups excluding carboxylic acids is 1. The molecule has 2 unspecified atom stereocenters. The van der Waals surface area contributed by atoms with Crippen molar-refractivity contribution in [2.75, 3.05) is 31.6 Å². The monoisotopic (exact) mass is 390 g/mol. The van der Waals surface area contributed by atoms with Crippen molar-refractivity contribution in [3.8, 4) is 0 Å². The Balaban J connectivity index is 1.29. The van der Waals surface area contributed by atoms with Crippen molar-refractivity contribution in [3.05, 3.63) is 10.6 Å². The number of amides is 1. The summed E-state index contributed by atoms with van der Waals surface area (Å²) in [6, 6.07) is 1.19. The molecule has 2 atom stereocenters. The van der Waals surface area contributed by atoms with Crippen LogP contribution < -0.4 is 10.2 Å². The van der Waals surface area contributed by atoms with Crippen molar-refractivity contribution < 1.29 is 9.53 Å². The SMILES string of the molecule is COC1(CC(=O)N2CCc3nc(N4C5CCC4CNC5)sc3C2)CCCC1. The number of hydrogen-bond acceptors (Lipinski definition) is 6. The summed E-state index contributed by atoms with van der Waals surface area (Å²) in [5.41, 5.74) is 1.01. The molecule has 1 aromatic heterocycles. The number of carbonyl (C=O) groups is 1. The second-order valence-corrected chi connectivity index (χ2v) is 9.72. The van der Waals surface area contributed by atoms with E-state index in [-0.39, 0.29) is 11.5 Å². The average molecular weight is 391 g/mol. The topological polar surface area (TPSA) is 57.7 Å². The normalized spacial score (nSPS) is 29.2. The van der Waals surface area contributed by atoms with E-state index < -0.39 is 0 Å². The van der Waals surface area contributed by atoms with Gasteiger partial charge in [0, 0.05) is 50.1 Å². The largest absolute Gasteiger partial charge is 0.378 e. The minimum Gasteiger partial charge on any atom is -0.378 e. The Bertz CT molecular complexity index is 699. The van der Waals surface area contributed by atoms with Crippen molar-refractivity contribution >= 4 is 22.4 Å². The Kier molecular flexibility index (Phi) is 4.64. The van der Waals surface area contributed by atoms with Crippen molar-refractivity contribution in [2.45, 2.75) is 75.6 Å². The molecule has 4 aliphatic rings. The number of piperazine rings is 1. The molecule has 1 saturated carbocycles. The van der Waals surface area contributed by atoms with E-state index in [2.05, 4.69) is 10.2 Å². The Morgan fingerprint density at radius 1 is 1.30 bits per heavy atom. The van der Waals surface area contributed by atoms with Gasteiger partial charge in [-0.1, -0.05) is 24.2 Å². The highest BCUT2D eigenvalue weighted by molar-refractivity contribution is 7.15. The second kappa shape index (κ2) is 7.01. The number of aromatic nitrogens is 1. The fourth-order valence-corrected chi connectivity index (χ4v) is 6.72.